The first-order valence-electron chi connectivity index (χ1n) is 4.46. The van der Waals surface area contributed by atoms with Gasteiger partial charge in [-0.05, 0) is 25.2 Å². The van der Waals surface area contributed by atoms with Gasteiger partial charge in [-0.2, -0.15) is 0 Å². The second-order valence-corrected chi connectivity index (χ2v) is 20.2. The minimum absolute atomic E-state index is 0.971. The van der Waals surface area contributed by atoms with Crippen molar-refractivity contribution in [3.63, 3.8) is 0 Å². The quantitative estimate of drug-likeness (QED) is 0.356. The van der Waals surface area contributed by atoms with Gasteiger partial charge in [-0.25, -0.2) is 0 Å². The highest BCUT2D eigenvalue weighted by atomic mass is 35.7. The van der Waals surface area contributed by atoms with Crippen molar-refractivity contribution < 1.29 is 0 Å². The Morgan fingerprint density at radius 1 is 0.692 bits per heavy atom. The maximum absolute atomic E-state index is 5.96. The summed E-state index contributed by atoms with van der Waals surface area (Å²) >= 11 is 23.9. The molecule has 0 bridgehead atoms. The fraction of sp³-hybridized carbons (Fsp3) is 1.00. The summed E-state index contributed by atoms with van der Waals surface area (Å²) in [6.45, 7) is 0.186. The molecule has 0 saturated carbocycles. The van der Waals surface area contributed by atoms with Crippen LogP contribution in [0.1, 0.15) is 19.3 Å². The maximum Gasteiger partial charge on any atom is 0.248 e. The van der Waals surface area contributed by atoms with Crippen LogP contribution in [-0.4, -0.2) is 13.4 Å². The van der Waals surface area contributed by atoms with Crippen LogP contribution in [-0.2, 0) is 0 Å². The average Bonchev–Trinajstić information content (AvgIpc) is 1.81. The van der Waals surface area contributed by atoms with Crippen LogP contribution in [0.2, 0.25) is 25.2 Å². The predicted octanol–water partition coefficient (Wildman–Crippen LogP) is 5.26. The van der Waals surface area contributed by atoms with E-state index in [1.54, 1.807) is 0 Å². The van der Waals surface area contributed by atoms with Crippen molar-refractivity contribution in [3.8, 4) is 0 Å². The molecule has 0 amide bonds. The summed E-state index contributed by atoms with van der Waals surface area (Å²) in [6.07, 6.45) is 3.35. The molecule has 0 radical (unpaired) electrons. The Morgan fingerprint density at radius 2 is 1.00 bits per heavy atom. The van der Waals surface area contributed by atoms with E-state index in [2.05, 4.69) is 0 Å². The summed E-state index contributed by atoms with van der Waals surface area (Å²) in [5.74, 6) is 0. The van der Waals surface area contributed by atoms with Crippen molar-refractivity contribution in [1.82, 2.24) is 0 Å². The van der Waals surface area contributed by atoms with E-state index in [0.29, 0.717) is 0 Å². The molecule has 0 aliphatic carbocycles. The maximum atomic E-state index is 5.96. The van der Waals surface area contributed by atoms with Gasteiger partial charge in [-0.1, -0.05) is 19.3 Å². The Labute approximate surface area is 102 Å². The zero-order valence-electron chi connectivity index (χ0n) is 8.05. The first-order valence-corrected chi connectivity index (χ1v) is 13.9. The number of rotatable bonds is 6. The standard InChI is InChI=1S/C7H16Cl4Si2/c1-12(8,9)6-4-3-5-7-13(2,10)11/h3-7H2,1-2H3. The molecule has 0 nitrogen and oxygen atoms in total. The van der Waals surface area contributed by atoms with Crippen LogP contribution in [0.15, 0.2) is 0 Å². The number of hydrogen-bond donors (Lipinski definition) is 0. The molecule has 0 fully saturated rings. The van der Waals surface area contributed by atoms with E-state index in [1.807, 2.05) is 13.1 Å². The molecular weight excluding hydrogens is 282 g/mol. The van der Waals surface area contributed by atoms with Gasteiger partial charge in [0.05, 0.1) is 0 Å². The highest BCUT2D eigenvalue weighted by Gasteiger charge is 2.21. The summed E-state index contributed by atoms with van der Waals surface area (Å²) in [4.78, 5) is 0. The van der Waals surface area contributed by atoms with E-state index in [-0.39, 0.29) is 0 Å². The lowest BCUT2D eigenvalue weighted by Crippen LogP contribution is -2.13. The van der Waals surface area contributed by atoms with E-state index in [9.17, 15) is 0 Å². The molecule has 6 heteroatoms. The van der Waals surface area contributed by atoms with Gasteiger partial charge in [0.2, 0.25) is 13.4 Å². The molecule has 0 spiro atoms. The molecule has 0 aromatic rings. The summed E-state index contributed by atoms with van der Waals surface area (Å²) in [5, 5.41) is 0. The SMILES string of the molecule is C[Si](Cl)(Cl)CCCCC[Si](C)(Cl)Cl. The smallest absolute Gasteiger partial charge is 0.146 e. The monoisotopic (exact) mass is 296 g/mol. The topological polar surface area (TPSA) is 0 Å². The molecule has 0 saturated heterocycles. The lowest BCUT2D eigenvalue weighted by Gasteiger charge is -2.11. The zero-order chi connectivity index (χ0) is 10.5. The lowest BCUT2D eigenvalue weighted by molar-refractivity contribution is 0.762. The number of halogens is 4. The molecule has 13 heavy (non-hydrogen) atoms. The second-order valence-electron chi connectivity index (χ2n) is 3.70. The fourth-order valence-corrected chi connectivity index (χ4v) is 4.39. The lowest BCUT2D eigenvalue weighted by atomic mass is 10.3. The van der Waals surface area contributed by atoms with Crippen molar-refractivity contribution in [2.75, 3.05) is 0 Å². The van der Waals surface area contributed by atoms with Crippen molar-refractivity contribution >= 4 is 57.7 Å². The minimum atomic E-state index is -1.86. The van der Waals surface area contributed by atoms with Crippen molar-refractivity contribution in [2.24, 2.45) is 0 Å². The summed E-state index contributed by atoms with van der Waals surface area (Å²) in [5.41, 5.74) is 0. The van der Waals surface area contributed by atoms with E-state index in [1.165, 1.54) is 0 Å². The average molecular weight is 298 g/mol. The van der Waals surface area contributed by atoms with Crippen molar-refractivity contribution in [2.45, 2.75) is 44.4 Å². The minimum Gasteiger partial charge on any atom is -0.146 e. The zero-order valence-corrected chi connectivity index (χ0v) is 13.1. The molecule has 0 aliphatic rings. The third-order valence-corrected chi connectivity index (χ3v) is 6.46. The van der Waals surface area contributed by atoms with Gasteiger partial charge < -0.3 is 0 Å². The van der Waals surface area contributed by atoms with Gasteiger partial charge in [0.15, 0.2) is 0 Å². The van der Waals surface area contributed by atoms with Crippen LogP contribution >= 0.6 is 44.3 Å². The molecule has 0 rings (SSSR count). The molecule has 80 valence electrons. The normalized spacial score (nSPS) is 13.4. The Balaban J connectivity index is 3.28. The summed E-state index contributed by atoms with van der Waals surface area (Å²) < 4.78 is 0. The molecule has 0 atom stereocenters. The van der Waals surface area contributed by atoms with Crippen LogP contribution in [0.25, 0.3) is 0 Å². The van der Waals surface area contributed by atoms with E-state index < -0.39 is 13.4 Å². The third kappa shape index (κ3) is 13.6. The van der Waals surface area contributed by atoms with Gasteiger partial charge in [0.25, 0.3) is 0 Å². The Hall–Kier alpha value is 1.59. The number of unbranched alkanes of at least 4 members (excludes halogenated alkanes) is 2. The first kappa shape index (κ1) is 14.6. The third-order valence-electron chi connectivity index (χ3n) is 1.73. The Morgan fingerprint density at radius 3 is 1.23 bits per heavy atom. The molecule has 0 heterocycles. The molecule has 0 unspecified atom stereocenters. The molecule has 0 aromatic heterocycles. The predicted molar refractivity (Wildman–Crippen MR) is 70.1 cm³/mol. The van der Waals surface area contributed by atoms with E-state index in [0.717, 1.165) is 31.4 Å². The van der Waals surface area contributed by atoms with Crippen LogP contribution in [0.5, 0.6) is 0 Å². The fourth-order valence-electron chi connectivity index (χ4n) is 1.05. The summed E-state index contributed by atoms with van der Waals surface area (Å²) in [7, 11) is 0. The van der Waals surface area contributed by atoms with Gasteiger partial charge in [-0.3, -0.25) is 0 Å². The Bertz CT molecular complexity index is 122. The molecular formula is C7H16Cl4Si2. The molecule has 0 N–H and O–H groups in total. The van der Waals surface area contributed by atoms with Gasteiger partial charge in [0.1, 0.15) is 0 Å². The van der Waals surface area contributed by atoms with Gasteiger partial charge in [-0.15, -0.1) is 44.3 Å². The van der Waals surface area contributed by atoms with Crippen LogP contribution in [0.4, 0.5) is 0 Å². The van der Waals surface area contributed by atoms with Gasteiger partial charge >= 0.3 is 0 Å². The first-order chi connectivity index (χ1) is 5.71. The molecule has 0 aromatic carbocycles. The Kier molecular flexibility index (Phi) is 7.00. The number of hydrogen-bond acceptors (Lipinski definition) is 0. The highest BCUT2D eigenvalue weighted by Crippen LogP contribution is 2.26. The van der Waals surface area contributed by atoms with E-state index in [4.69, 9.17) is 44.3 Å². The second kappa shape index (κ2) is 6.24. The van der Waals surface area contributed by atoms with Crippen molar-refractivity contribution in [3.05, 3.63) is 0 Å². The summed E-state index contributed by atoms with van der Waals surface area (Å²) in [6, 6.07) is 1.94. The largest absolute Gasteiger partial charge is 0.248 e. The molecule has 0 aliphatic heterocycles. The van der Waals surface area contributed by atoms with E-state index >= 15 is 0 Å². The van der Waals surface area contributed by atoms with Crippen LogP contribution in [0, 0.1) is 0 Å². The van der Waals surface area contributed by atoms with Crippen LogP contribution < -0.4 is 0 Å². The van der Waals surface area contributed by atoms with Crippen molar-refractivity contribution in [1.29, 1.82) is 0 Å². The van der Waals surface area contributed by atoms with Crippen LogP contribution in [0.3, 0.4) is 0 Å². The van der Waals surface area contributed by atoms with Gasteiger partial charge in [0, 0.05) is 0 Å². The highest BCUT2D eigenvalue weighted by molar-refractivity contribution is 7.45.